The van der Waals surface area contributed by atoms with Gasteiger partial charge in [-0.1, -0.05) is 28.1 Å². The second kappa shape index (κ2) is 9.08. The van der Waals surface area contributed by atoms with Gasteiger partial charge in [-0.25, -0.2) is 4.79 Å². The van der Waals surface area contributed by atoms with E-state index in [1.54, 1.807) is 37.1 Å². The fourth-order valence-corrected chi connectivity index (χ4v) is 4.17. The van der Waals surface area contributed by atoms with Crippen molar-refractivity contribution in [3.63, 3.8) is 0 Å². The van der Waals surface area contributed by atoms with E-state index >= 15 is 0 Å². The van der Waals surface area contributed by atoms with E-state index in [0.29, 0.717) is 35.7 Å². The van der Waals surface area contributed by atoms with E-state index in [1.165, 1.54) is 7.11 Å². The number of fused-ring (bicyclic) bond motifs is 1. The number of allylic oxidation sites excluding steroid dienone is 1. The van der Waals surface area contributed by atoms with Crippen molar-refractivity contribution in [2.24, 2.45) is 0 Å². The molecule has 0 spiro atoms. The maximum Gasteiger partial charge on any atom is 0.340 e. The number of hydrogen-bond acceptors (Lipinski definition) is 6. The number of amides is 1. The van der Waals surface area contributed by atoms with Gasteiger partial charge in [-0.3, -0.25) is 4.79 Å². The van der Waals surface area contributed by atoms with Gasteiger partial charge in [-0.05, 0) is 54.8 Å². The third-order valence-corrected chi connectivity index (χ3v) is 6.16. The first-order valence-corrected chi connectivity index (χ1v) is 10.8. The van der Waals surface area contributed by atoms with Crippen LogP contribution in [0.4, 0.5) is 0 Å². The van der Waals surface area contributed by atoms with Crippen LogP contribution in [0.15, 0.2) is 57.7 Å². The van der Waals surface area contributed by atoms with Crippen LogP contribution in [-0.2, 0) is 20.7 Å². The Morgan fingerprint density at radius 3 is 2.50 bits per heavy atom. The quantitative estimate of drug-likeness (QED) is 0.439. The molecule has 2 heterocycles. The Bertz CT molecular complexity index is 1140. The Morgan fingerprint density at radius 2 is 1.84 bits per heavy atom. The number of carbonyl (C=O) groups is 2. The predicted molar refractivity (Wildman–Crippen MR) is 121 cm³/mol. The molecule has 0 aromatic heterocycles. The first-order chi connectivity index (χ1) is 15.4. The Morgan fingerprint density at radius 1 is 1.16 bits per heavy atom. The number of rotatable bonds is 6. The van der Waals surface area contributed by atoms with Crippen LogP contribution in [0.25, 0.3) is 6.08 Å². The van der Waals surface area contributed by atoms with Crippen LogP contribution in [0.5, 0.6) is 17.2 Å². The van der Waals surface area contributed by atoms with E-state index in [4.69, 9.17) is 18.9 Å². The largest absolute Gasteiger partial charge is 0.497 e. The monoisotopic (exact) mass is 499 g/mol. The zero-order valence-corrected chi connectivity index (χ0v) is 19.5. The third-order valence-electron chi connectivity index (χ3n) is 5.48. The average molecular weight is 500 g/mol. The van der Waals surface area contributed by atoms with Crippen molar-refractivity contribution in [3.05, 3.63) is 68.8 Å². The highest BCUT2D eigenvalue weighted by molar-refractivity contribution is 9.10. The van der Waals surface area contributed by atoms with Crippen LogP contribution in [0.1, 0.15) is 18.1 Å². The van der Waals surface area contributed by atoms with E-state index in [1.807, 2.05) is 24.3 Å². The topological polar surface area (TPSA) is 74.3 Å². The van der Waals surface area contributed by atoms with Gasteiger partial charge in [0, 0.05) is 16.7 Å². The van der Waals surface area contributed by atoms with E-state index in [9.17, 15) is 9.59 Å². The Hall–Kier alpha value is -3.26. The van der Waals surface area contributed by atoms with Crippen molar-refractivity contribution in [2.75, 3.05) is 27.6 Å². The van der Waals surface area contributed by atoms with Crippen LogP contribution in [-0.4, -0.2) is 44.3 Å². The zero-order valence-electron chi connectivity index (χ0n) is 17.9. The molecule has 4 rings (SSSR count). The van der Waals surface area contributed by atoms with Gasteiger partial charge < -0.3 is 23.8 Å². The zero-order chi connectivity index (χ0) is 22.8. The number of carbonyl (C=O) groups excluding carboxylic acids is 2. The second-order valence-corrected chi connectivity index (χ2v) is 8.15. The molecule has 0 saturated carbocycles. The molecule has 0 aliphatic carbocycles. The fraction of sp³-hybridized carbons (Fsp3) is 0.250. The lowest BCUT2D eigenvalue weighted by Gasteiger charge is -2.18. The fourth-order valence-electron chi connectivity index (χ4n) is 3.73. The van der Waals surface area contributed by atoms with Gasteiger partial charge in [0.15, 0.2) is 11.5 Å². The molecule has 166 valence electrons. The highest BCUT2D eigenvalue weighted by atomic mass is 79.9. The van der Waals surface area contributed by atoms with Crippen molar-refractivity contribution in [1.29, 1.82) is 0 Å². The van der Waals surface area contributed by atoms with E-state index in [0.717, 1.165) is 15.8 Å². The summed E-state index contributed by atoms with van der Waals surface area (Å²) in [5.74, 6) is 1.18. The molecule has 0 saturated heterocycles. The minimum atomic E-state index is -0.550. The molecule has 2 aromatic carbocycles. The van der Waals surface area contributed by atoms with E-state index < -0.39 is 5.97 Å². The number of benzene rings is 2. The lowest BCUT2D eigenvalue weighted by Crippen LogP contribution is -2.27. The summed E-state index contributed by atoms with van der Waals surface area (Å²) in [5.41, 5.74) is 2.87. The summed E-state index contributed by atoms with van der Waals surface area (Å²) in [6.07, 6.45) is 2.31. The summed E-state index contributed by atoms with van der Waals surface area (Å²) in [7, 11) is 2.92. The van der Waals surface area contributed by atoms with Crippen LogP contribution >= 0.6 is 15.9 Å². The molecule has 0 N–H and O–H groups in total. The van der Waals surface area contributed by atoms with Crippen molar-refractivity contribution < 1.29 is 28.5 Å². The number of ether oxygens (including phenoxy) is 4. The molecule has 0 unspecified atom stereocenters. The highest BCUT2D eigenvalue weighted by Gasteiger charge is 2.37. The van der Waals surface area contributed by atoms with Crippen LogP contribution < -0.4 is 14.2 Å². The SMILES string of the molecule is COC(=O)C1=C(C)N(CCc2ccc(OC)cc2)C(=O)/C1=C\c1cc2c(cc1Br)OCO2. The Balaban J connectivity index is 1.64. The molecule has 2 aliphatic heterocycles. The lowest BCUT2D eigenvalue weighted by molar-refractivity contribution is -0.136. The minimum absolute atomic E-state index is 0.145. The average Bonchev–Trinajstić information content (AvgIpc) is 3.34. The summed E-state index contributed by atoms with van der Waals surface area (Å²) in [6.45, 7) is 2.33. The molecular formula is C24H22BrNO6. The lowest BCUT2D eigenvalue weighted by atomic mass is 10.0. The smallest absolute Gasteiger partial charge is 0.340 e. The normalized spacial score (nSPS) is 16.2. The number of esters is 1. The van der Waals surface area contributed by atoms with Crippen molar-refractivity contribution in [1.82, 2.24) is 4.90 Å². The number of hydrogen-bond donors (Lipinski definition) is 0. The standard InChI is InChI=1S/C24H22BrNO6/c1-14-22(24(28)30-3)18(10-16-11-20-21(12-19(16)25)32-13-31-20)23(27)26(14)9-8-15-4-6-17(29-2)7-5-15/h4-7,10-12H,8-9,13H2,1-3H3/b18-10-. The third kappa shape index (κ3) is 4.10. The number of halogens is 1. The van der Waals surface area contributed by atoms with Gasteiger partial charge in [0.05, 0.1) is 25.4 Å². The first kappa shape index (κ1) is 22.0. The van der Waals surface area contributed by atoms with Crippen molar-refractivity contribution in [3.8, 4) is 17.2 Å². The second-order valence-electron chi connectivity index (χ2n) is 7.29. The molecule has 0 atom stereocenters. The van der Waals surface area contributed by atoms with Crippen molar-refractivity contribution >= 4 is 33.9 Å². The predicted octanol–water partition coefficient (Wildman–Crippen LogP) is 4.10. The van der Waals surface area contributed by atoms with E-state index in [-0.39, 0.29) is 23.8 Å². The first-order valence-electron chi connectivity index (χ1n) is 9.98. The van der Waals surface area contributed by atoms with Gasteiger partial charge in [-0.15, -0.1) is 0 Å². The molecule has 8 heteroatoms. The minimum Gasteiger partial charge on any atom is -0.497 e. The molecule has 0 fully saturated rings. The van der Waals surface area contributed by atoms with Crippen molar-refractivity contribution in [2.45, 2.75) is 13.3 Å². The molecule has 0 bridgehead atoms. The van der Waals surface area contributed by atoms with Crippen LogP contribution in [0, 0.1) is 0 Å². The molecular weight excluding hydrogens is 478 g/mol. The summed E-state index contributed by atoms with van der Waals surface area (Å²) >= 11 is 3.51. The van der Waals surface area contributed by atoms with Gasteiger partial charge in [0.25, 0.3) is 5.91 Å². The molecule has 2 aromatic rings. The van der Waals surface area contributed by atoms with Gasteiger partial charge in [0.1, 0.15) is 5.75 Å². The maximum atomic E-state index is 13.3. The Labute approximate surface area is 194 Å². The van der Waals surface area contributed by atoms with Gasteiger partial charge in [-0.2, -0.15) is 0 Å². The number of methoxy groups -OCH3 is 2. The molecule has 0 radical (unpaired) electrons. The summed E-state index contributed by atoms with van der Waals surface area (Å²) < 4.78 is 21.7. The number of nitrogens with zero attached hydrogens (tertiary/aromatic N) is 1. The molecule has 1 amide bonds. The van der Waals surface area contributed by atoms with Crippen LogP contribution in [0.3, 0.4) is 0 Å². The molecule has 32 heavy (non-hydrogen) atoms. The summed E-state index contributed by atoms with van der Waals surface area (Å²) in [6, 6.07) is 11.2. The highest BCUT2D eigenvalue weighted by Crippen LogP contribution is 2.39. The summed E-state index contributed by atoms with van der Waals surface area (Å²) in [4.78, 5) is 27.5. The Kier molecular flexibility index (Phi) is 6.23. The van der Waals surface area contributed by atoms with E-state index in [2.05, 4.69) is 15.9 Å². The van der Waals surface area contributed by atoms with Gasteiger partial charge >= 0.3 is 5.97 Å². The molecule has 2 aliphatic rings. The maximum absolute atomic E-state index is 13.3. The van der Waals surface area contributed by atoms with Crippen LogP contribution in [0.2, 0.25) is 0 Å². The van der Waals surface area contributed by atoms with Gasteiger partial charge in [0.2, 0.25) is 6.79 Å². The summed E-state index contributed by atoms with van der Waals surface area (Å²) in [5, 5.41) is 0. The molecule has 7 nitrogen and oxygen atoms in total.